The van der Waals surface area contributed by atoms with Crippen LogP contribution >= 0.6 is 0 Å². The monoisotopic (exact) mass is 436 g/mol. The van der Waals surface area contributed by atoms with Crippen molar-refractivity contribution in [1.82, 2.24) is 0 Å². The molecule has 8 heteroatoms. The molecule has 0 spiro atoms. The van der Waals surface area contributed by atoms with Crippen molar-refractivity contribution < 1.29 is 38.1 Å². The Morgan fingerprint density at radius 2 is 0.833 bits per heavy atom. The van der Waals surface area contributed by atoms with Crippen LogP contribution in [-0.4, -0.2) is 50.3 Å². The molecule has 0 aromatic carbocycles. The number of hydrogen-bond acceptors (Lipinski definition) is 8. The van der Waals surface area contributed by atoms with Crippen LogP contribution in [0.4, 0.5) is 0 Å². The molecule has 0 atom stereocenters. The molecule has 0 N–H and O–H groups in total. The summed E-state index contributed by atoms with van der Waals surface area (Å²) in [7, 11) is 0. The summed E-state index contributed by atoms with van der Waals surface area (Å²) in [6, 6.07) is 0. The molecule has 0 bridgehead atoms. The number of ether oxygens (including phenoxy) is 4. The van der Waals surface area contributed by atoms with Crippen LogP contribution < -0.4 is 0 Å². The second-order valence-electron chi connectivity index (χ2n) is 6.01. The van der Waals surface area contributed by atoms with E-state index in [0.29, 0.717) is 26.4 Å². The van der Waals surface area contributed by atoms with Gasteiger partial charge in [0.2, 0.25) is 0 Å². The molecule has 0 aliphatic heterocycles. The van der Waals surface area contributed by atoms with E-state index in [0.717, 1.165) is 32.1 Å². The first-order chi connectivity index (χ1) is 14.1. The zero-order chi connectivity index (χ0) is 24.2. The van der Waals surface area contributed by atoms with Crippen LogP contribution in [0.3, 0.4) is 0 Å². The first-order valence-electron chi connectivity index (χ1n) is 10.6. The van der Waals surface area contributed by atoms with Gasteiger partial charge in [-0.15, -0.1) is 0 Å². The van der Waals surface area contributed by atoms with Gasteiger partial charge in [-0.05, 0) is 26.2 Å². The van der Waals surface area contributed by atoms with Crippen molar-refractivity contribution >= 4 is 23.9 Å². The van der Waals surface area contributed by atoms with Crippen LogP contribution in [0.5, 0.6) is 0 Å². The number of carbonyl (C=O) groups is 4. The standard InChI is InChI=1S/C7H14O2.C6H12O2.C5H10O2.C4H8O2/c1-3-4-5-6-9-7(2)8;1-3-4-5-8-6(2)7;1-3-4-7-5(2)6;1-3-6-4(2)5/h3-6H2,1-2H3;3-5H2,1-2H3;3-4H2,1-2H3;3H2,1-2H3. The van der Waals surface area contributed by atoms with Crippen LogP contribution in [-0.2, 0) is 38.1 Å². The fraction of sp³-hybridized carbons (Fsp3) is 0.818. The lowest BCUT2D eigenvalue weighted by Crippen LogP contribution is -1.99. The van der Waals surface area contributed by atoms with Crippen molar-refractivity contribution in [3.8, 4) is 0 Å². The minimum absolute atomic E-state index is 0.175. The number of rotatable bonds is 10. The van der Waals surface area contributed by atoms with Crippen molar-refractivity contribution in [2.24, 2.45) is 0 Å². The van der Waals surface area contributed by atoms with Gasteiger partial charge in [-0.2, -0.15) is 0 Å². The maximum atomic E-state index is 10.2. The predicted molar refractivity (Wildman–Crippen MR) is 117 cm³/mol. The van der Waals surface area contributed by atoms with Gasteiger partial charge in [-0.25, -0.2) is 0 Å². The van der Waals surface area contributed by atoms with Gasteiger partial charge in [0.25, 0.3) is 0 Å². The molecule has 0 saturated carbocycles. The van der Waals surface area contributed by atoms with E-state index in [-0.39, 0.29) is 23.9 Å². The molecule has 8 nitrogen and oxygen atoms in total. The number of carbonyl (C=O) groups excluding carboxylic acids is 4. The van der Waals surface area contributed by atoms with Crippen LogP contribution in [0.1, 0.15) is 93.9 Å². The summed E-state index contributed by atoms with van der Waals surface area (Å²) in [5.41, 5.74) is 0. The molecule has 30 heavy (non-hydrogen) atoms. The van der Waals surface area contributed by atoms with Gasteiger partial charge in [0.15, 0.2) is 0 Å². The summed E-state index contributed by atoms with van der Waals surface area (Å²) in [6.45, 7) is 15.8. The first kappa shape index (κ1) is 35.3. The third kappa shape index (κ3) is 63.5. The molecule has 0 radical (unpaired) electrons. The SMILES string of the molecule is CCCCCOC(C)=O.CCCCOC(C)=O.CCCOC(C)=O.CCOC(C)=O. The topological polar surface area (TPSA) is 105 Å². The third-order valence-electron chi connectivity index (χ3n) is 2.71. The lowest BCUT2D eigenvalue weighted by molar-refractivity contribution is -0.142. The van der Waals surface area contributed by atoms with Crippen molar-refractivity contribution in [1.29, 1.82) is 0 Å². The van der Waals surface area contributed by atoms with Gasteiger partial charge in [0, 0.05) is 27.7 Å². The van der Waals surface area contributed by atoms with Crippen molar-refractivity contribution in [2.75, 3.05) is 26.4 Å². The Morgan fingerprint density at radius 3 is 1.07 bits per heavy atom. The number of hydrogen-bond donors (Lipinski definition) is 0. The van der Waals surface area contributed by atoms with E-state index in [9.17, 15) is 19.2 Å². The minimum Gasteiger partial charge on any atom is -0.466 e. The Kier molecular flexibility index (Phi) is 37.2. The number of esters is 4. The van der Waals surface area contributed by atoms with Crippen molar-refractivity contribution in [2.45, 2.75) is 93.9 Å². The van der Waals surface area contributed by atoms with E-state index in [2.05, 4.69) is 28.1 Å². The largest absolute Gasteiger partial charge is 0.466 e. The van der Waals surface area contributed by atoms with Gasteiger partial charge in [-0.1, -0.05) is 40.0 Å². The Labute approximate surface area is 183 Å². The van der Waals surface area contributed by atoms with Crippen molar-refractivity contribution in [3.05, 3.63) is 0 Å². The smallest absolute Gasteiger partial charge is 0.302 e. The van der Waals surface area contributed by atoms with Crippen LogP contribution in [0, 0.1) is 0 Å². The molecule has 0 fully saturated rings. The highest BCUT2D eigenvalue weighted by Crippen LogP contribution is 1.93. The highest BCUT2D eigenvalue weighted by atomic mass is 16.5. The molecule has 0 aliphatic rings. The van der Waals surface area contributed by atoms with E-state index in [4.69, 9.17) is 4.74 Å². The summed E-state index contributed by atoms with van der Waals surface area (Å²) >= 11 is 0. The zero-order valence-electron chi connectivity index (χ0n) is 20.3. The quantitative estimate of drug-likeness (QED) is 0.277. The Morgan fingerprint density at radius 1 is 0.467 bits per heavy atom. The minimum atomic E-state index is -0.211. The lowest BCUT2D eigenvalue weighted by Gasteiger charge is -1.98. The summed E-state index contributed by atoms with van der Waals surface area (Å²) in [5, 5.41) is 0. The maximum absolute atomic E-state index is 10.2. The van der Waals surface area contributed by atoms with Gasteiger partial charge in [0.05, 0.1) is 26.4 Å². The highest BCUT2D eigenvalue weighted by molar-refractivity contribution is 5.66. The Balaban J connectivity index is -0.000000152. The van der Waals surface area contributed by atoms with E-state index in [1.54, 1.807) is 6.92 Å². The lowest BCUT2D eigenvalue weighted by atomic mass is 10.3. The fourth-order valence-electron chi connectivity index (χ4n) is 1.38. The van der Waals surface area contributed by atoms with Crippen molar-refractivity contribution in [3.63, 3.8) is 0 Å². The Bertz CT molecular complexity index is 408. The van der Waals surface area contributed by atoms with Gasteiger partial charge in [-0.3, -0.25) is 19.2 Å². The molecule has 0 saturated heterocycles. The van der Waals surface area contributed by atoms with Gasteiger partial charge < -0.3 is 18.9 Å². The van der Waals surface area contributed by atoms with E-state index in [1.807, 2.05) is 6.92 Å². The van der Waals surface area contributed by atoms with Crippen LogP contribution in [0.2, 0.25) is 0 Å². The summed E-state index contributed by atoms with van der Waals surface area (Å²) in [4.78, 5) is 40.1. The first-order valence-corrected chi connectivity index (χ1v) is 10.6. The van der Waals surface area contributed by atoms with Gasteiger partial charge >= 0.3 is 23.9 Å². The predicted octanol–water partition coefficient (Wildman–Crippen LogP) is 4.62. The molecule has 180 valence electrons. The average Bonchev–Trinajstić information content (AvgIpc) is 2.65. The van der Waals surface area contributed by atoms with E-state index >= 15 is 0 Å². The molecule has 0 aromatic rings. The van der Waals surface area contributed by atoms with E-state index < -0.39 is 0 Å². The third-order valence-corrected chi connectivity index (χ3v) is 2.71. The summed E-state index contributed by atoms with van der Waals surface area (Å²) < 4.78 is 18.3. The molecule has 0 aliphatic carbocycles. The van der Waals surface area contributed by atoms with Crippen LogP contribution in [0.15, 0.2) is 0 Å². The second kappa shape index (κ2) is 31.6. The maximum Gasteiger partial charge on any atom is 0.302 e. The highest BCUT2D eigenvalue weighted by Gasteiger charge is 1.90. The Hall–Kier alpha value is -2.12. The van der Waals surface area contributed by atoms with Gasteiger partial charge in [0.1, 0.15) is 0 Å². The number of unbranched alkanes of at least 4 members (excludes halogenated alkanes) is 3. The summed E-state index contributed by atoms with van der Waals surface area (Å²) in [6.07, 6.45) is 6.26. The molecule has 0 rings (SSSR count). The average molecular weight is 437 g/mol. The molecule has 0 aromatic heterocycles. The van der Waals surface area contributed by atoms with Crippen LogP contribution in [0.25, 0.3) is 0 Å². The molecular formula is C22H44O8. The molecule has 0 amide bonds. The second-order valence-corrected chi connectivity index (χ2v) is 6.01. The zero-order valence-corrected chi connectivity index (χ0v) is 20.3. The normalized spacial score (nSPS) is 8.53. The molecular weight excluding hydrogens is 392 g/mol. The molecule has 0 unspecified atom stereocenters. The van der Waals surface area contributed by atoms with E-state index in [1.165, 1.54) is 34.1 Å². The fourth-order valence-corrected chi connectivity index (χ4v) is 1.38. The molecule has 0 heterocycles. The summed E-state index contributed by atoms with van der Waals surface area (Å²) in [5.74, 6) is -0.760.